The van der Waals surface area contributed by atoms with Gasteiger partial charge in [-0.05, 0) is 74.8 Å². The van der Waals surface area contributed by atoms with Gasteiger partial charge in [-0.25, -0.2) is 0 Å². The van der Waals surface area contributed by atoms with E-state index < -0.39 is 0 Å². The van der Waals surface area contributed by atoms with Crippen LogP contribution in [-0.2, 0) is 0 Å². The molecule has 1 unspecified atom stereocenters. The Labute approximate surface area is 173 Å². The summed E-state index contributed by atoms with van der Waals surface area (Å²) in [6.45, 7) is 5.96. The molecular weight excluding hydrogens is 400 g/mol. The Morgan fingerprint density at radius 1 is 1.15 bits per heavy atom. The summed E-state index contributed by atoms with van der Waals surface area (Å²) in [6, 6.07) is 8.01. The highest BCUT2D eigenvalue weighted by Crippen LogP contribution is 2.28. The molecule has 27 heavy (non-hydrogen) atoms. The van der Waals surface area contributed by atoms with Crippen LogP contribution in [0.25, 0.3) is 0 Å². The topological polar surface area (TPSA) is 32.3 Å². The van der Waals surface area contributed by atoms with Crippen LogP contribution >= 0.6 is 15.9 Å². The number of carbonyl (C=O) groups is 1. The van der Waals surface area contributed by atoms with Gasteiger partial charge < -0.3 is 10.2 Å². The van der Waals surface area contributed by atoms with Crippen LogP contribution in [0.4, 0.5) is 0 Å². The molecule has 1 saturated heterocycles. The van der Waals surface area contributed by atoms with Gasteiger partial charge in [0.2, 0.25) is 0 Å². The van der Waals surface area contributed by atoms with Gasteiger partial charge in [-0.2, -0.15) is 0 Å². The van der Waals surface area contributed by atoms with Crippen LogP contribution in [-0.4, -0.2) is 36.5 Å². The summed E-state index contributed by atoms with van der Waals surface area (Å²) in [7, 11) is 0. The fourth-order valence-electron chi connectivity index (χ4n) is 4.85. The van der Waals surface area contributed by atoms with Gasteiger partial charge in [-0.15, -0.1) is 0 Å². The van der Waals surface area contributed by atoms with Crippen molar-refractivity contribution in [2.75, 3.05) is 19.6 Å². The molecule has 1 aromatic carbocycles. The van der Waals surface area contributed by atoms with Gasteiger partial charge >= 0.3 is 0 Å². The summed E-state index contributed by atoms with van der Waals surface area (Å²) < 4.78 is 1.01. The maximum Gasteiger partial charge on any atom is 0.251 e. The number of halogens is 1. The third-order valence-electron chi connectivity index (χ3n) is 6.39. The predicted octanol–water partition coefficient (Wildman–Crippen LogP) is 5.64. The van der Waals surface area contributed by atoms with E-state index in [1.807, 2.05) is 24.3 Å². The predicted molar refractivity (Wildman–Crippen MR) is 116 cm³/mol. The van der Waals surface area contributed by atoms with Crippen molar-refractivity contribution >= 4 is 21.8 Å². The average Bonchev–Trinajstić information content (AvgIpc) is 2.68. The SMILES string of the molecule is CCCCC1CCCN(C[C@@H]2CCCC[C@H]2NC(=O)c2ccc(Br)cc2)C1. The summed E-state index contributed by atoms with van der Waals surface area (Å²) >= 11 is 3.44. The minimum Gasteiger partial charge on any atom is -0.349 e. The Morgan fingerprint density at radius 2 is 1.93 bits per heavy atom. The molecule has 1 saturated carbocycles. The quantitative estimate of drug-likeness (QED) is 0.601. The van der Waals surface area contributed by atoms with Crippen molar-refractivity contribution in [3.05, 3.63) is 34.3 Å². The minimum atomic E-state index is 0.0823. The third kappa shape index (κ3) is 6.32. The van der Waals surface area contributed by atoms with Crippen molar-refractivity contribution < 1.29 is 4.79 Å². The minimum absolute atomic E-state index is 0.0823. The van der Waals surface area contributed by atoms with Gasteiger partial charge in [0.1, 0.15) is 0 Å². The first kappa shape index (κ1) is 20.9. The highest BCUT2D eigenvalue weighted by Gasteiger charge is 2.30. The molecule has 3 atom stereocenters. The number of benzene rings is 1. The number of likely N-dealkylation sites (tertiary alicyclic amines) is 1. The summed E-state index contributed by atoms with van der Waals surface area (Å²) in [5.41, 5.74) is 0.764. The number of carbonyl (C=O) groups excluding carboxylic acids is 1. The molecule has 2 aliphatic rings. The van der Waals surface area contributed by atoms with E-state index >= 15 is 0 Å². The van der Waals surface area contributed by atoms with Crippen LogP contribution in [0.5, 0.6) is 0 Å². The molecule has 0 spiro atoms. The molecule has 0 radical (unpaired) electrons. The van der Waals surface area contributed by atoms with Gasteiger partial charge in [0.05, 0.1) is 0 Å². The van der Waals surface area contributed by atoms with Gasteiger partial charge in [-0.1, -0.05) is 48.5 Å². The summed E-state index contributed by atoms with van der Waals surface area (Å²) in [5.74, 6) is 1.57. The van der Waals surface area contributed by atoms with Crippen molar-refractivity contribution in [3.63, 3.8) is 0 Å². The Bertz CT molecular complexity index is 589. The van der Waals surface area contributed by atoms with E-state index in [0.717, 1.165) is 28.9 Å². The Balaban J connectivity index is 1.55. The lowest BCUT2D eigenvalue weighted by Gasteiger charge is -2.39. The standard InChI is InChI=1S/C23H35BrN2O/c1-2-3-7-18-8-6-15-26(16-18)17-20-9-4-5-10-22(20)25-23(27)19-11-13-21(24)14-12-19/h11-14,18,20,22H,2-10,15-17H2,1H3,(H,25,27)/t18?,20-,22+/m0/s1. The maximum absolute atomic E-state index is 12.7. The highest BCUT2D eigenvalue weighted by molar-refractivity contribution is 9.10. The zero-order valence-corrected chi connectivity index (χ0v) is 18.3. The van der Waals surface area contributed by atoms with E-state index in [-0.39, 0.29) is 5.91 Å². The summed E-state index contributed by atoms with van der Waals surface area (Å²) in [5, 5.41) is 3.36. The number of nitrogens with zero attached hydrogens (tertiary/aromatic N) is 1. The molecule has 3 nitrogen and oxygen atoms in total. The second-order valence-electron chi connectivity index (χ2n) is 8.54. The summed E-state index contributed by atoms with van der Waals surface area (Å²) in [4.78, 5) is 15.4. The van der Waals surface area contributed by atoms with Crippen molar-refractivity contribution in [2.24, 2.45) is 11.8 Å². The third-order valence-corrected chi connectivity index (χ3v) is 6.92. The van der Waals surface area contributed by atoms with Crippen LogP contribution in [0.2, 0.25) is 0 Å². The largest absolute Gasteiger partial charge is 0.349 e. The first-order valence-electron chi connectivity index (χ1n) is 10.9. The normalized spacial score (nSPS) is 26.7. The molecule has 1 aliphatic carbocycles. The molecule has 0 bridgehead atoms. The lowest BCUT2D eigenvalue weighted by atomic mass is 9.83. The first-order chi connectivity index (χ1) is 13.2. The molecule has 1 aromatic rings. The van der Waals surface area contributed by atoms with Crippen LogP contribution in [0.3, 0.4) is 0 Å². The number of piperidine rings is 1. The Hall–Kier alpha value is -0.870. The van der Waals surface area contributed by atoms with Crippen molar-refractivity contribution in [2.45, 2.75) is 70.8 Å². The number of hydrogen-bond donors (Lipinski definition) is 1. The molecule has 3 rings (SSSR count). The second-order valence-corrected chi connectivity index (χ2v) is 9.46. The van der Waals surface area contributed by atoms with Crippen molar-refractivity contribution in [1.29, 1.82) is 0 Å². The molecule has 1 heterocycles. The van der Waals surface area contributed by atoms with Crippen LogP contribution in [0.1, 0.15) is 75.1 Å². The number of amides is 1. The molecular formula is C23H35BrN2O. The van der Waals surface area contributed by atoms with Gasteiger partial charge in [0.15, 0.2) is 0 Å². The van der Waals surface area contributed by atoms with E-state index in [0.29, 0.717) is 12.0 Å². The monoisotopic (exact) mass is 434 g/mol. The van der Waals surface area contributed by atoms with E-state index in [1.165, 1.54) is 64.5 Å². The van der Waals surface area contributed by atoms with Gasteiger partial charge in [0, 0.05) is 29.2 Å². The van der Waals surface area contributed by atoms with E-state index in [2.05, 4.69) is 33.1 Å². The summed E-state index contributed by atoms with van der Waals surface area (Å²) in [6.07, 6.45) is 11.7. The molecule has 2 fully saturated rings. The number of unbranched alkanes of at least 4 members (excludes halogenated alkanes) is 1. The molecule has 150 valence electrons. The smallest absolute Gasteiger partial charge is 0.251 e. The van der Waals surface area contributed by atoms with E-state index in [9.17, 15) is 4.79 Å². The van der Waals surface area contributed by atoms with Crippen LogP contribution < -0.4 is 5.32 Å². The van der Waals surface area contributed by atoms with E-state index in [4.69, 9.17) is 0 Å². The van der Waals surface area contributed by atoms with Gasteiger partial charge in [0.25, 0.3) is 5.91 Å². The molecule has 1 N–H and O–H groups in total. The zero-order valence-electron chi connectivity index (χ0n) is 16.8. The Kier molecular flexibility index (Phi) is 8.20. The first-order valence-corrected chi connectivity index (χ1v) is 11.7. The van der Waals surface area contributed by atoms with Gasteiger partial charge in [-0.3, -0.25) is 4.79 Å². The lowest BCUT2D eigenvalue weighted by Crippen LogP contribution is -2.48. The highest BCUT2D eigenvalue weighted by atomic mass is 79.9. The second kappa shape index (κ2) is 10.6. The van der Waals surface area contributed by atoms with E-state index in [1.54, 1.807) is 0 Å². The molecule has 0 aromatic heterocycles. The lowest BCUT2D eigenvalue weighted by molar-refractivity contribution is 0.0853. The zero-order chi connectivity index (χ0) is 19.1. The van der Waals surface area contributed by atoms with Crippen molar-refractivity contribution in [1.82, 2.24) is 10.2 Å². The molecule has 1 amide bonds. The van der Waals surface area contributed by atoms with Crippen LogP contribution in [0, 0.1) is 11.8 Å². The Morgan fingerprint density at radius 3 is 2.70 bits per heavy atom. The van der Waals surface area contributed by atoms with Crippen LogP contribution in [0.15, 0.2) is 28.7 Å². The number of hydrogen-bond acceptors (Lipinski definition) is 2. The number of nitrogens with one attached hydrogen (secondary N) is 1. The molecule has 1 aliphatic heterocycles. The fourth-order valence-corrected chi connectivity index (χ4v) is 5.11. The fraction of sp³-hybridized carbons (Fsp3) is 0.696. The molecule has 4 heteroatoms. The van der Waals surface area contributed by atoms with Crippen molar-refractivity contribution in [3.8, 4) is 0 Å². The number of rotatable bonds is 7. The average molecular weight is 435 g/mol. The maximum atomic E-state index is 12.7.